The minimum Gasteiger partial charge on any atom is -0.303 e. The van der Waals surface area contributed by atoms with Gasteiger partial charge in [0.15, 0.2) is 0 Å². The standard InChI is InChI=1S/C14H23N/c1-13-6-8-14(9-7-13)5-4-12-15-10-2-3-11-15/h6,8-9,13H,2-5,7,10-12H2,1H3. The minimum absolute atomic E-state index is 0.757. The molecule has 1 fully saturated rings. The Labute approximate surface area is 93.9 Å². The monoisotopic (exact) mass is 205 g/mol. The first-order valence-electron chi connectivity index (χ1n) is 6.44. The lowest BCUT2D eigenvalue weighted by atomic mass is 9.96. The Balaban J connectivity index is 1.63. The molecule has 0 saturated carbocycles. The van der Waals surface area contributed by atoms with E-state index in [0.29, 0.717) is 0 Å². The summed E-state index contributed by atoms with van der Waals surface area (Å²) in [7, 11) is 0. The number of likely N-dealkylation sites (tertiary alicyclic amines) is 1. The molecule has 1 atom stereocenters. The molecule has 15 heavy (non-hydrogen) atoms. The summed E-state index contributed by atoms with van der Waals surface area (Å²) in [4.78, 5) is 2.61. The lowest BCUT2D eigenvalue weighted by Crippen LogP contribution is -2.20. The molecular weight excluding hydrogens is 182 g/mol. The third kappa shape index (κ3) is 3.49. The van der Waals surface area contributed by atoms with Gasteiger partial charge in [0, 0.05) is 0 Å². The van der Waals surface area contributed by atoms with Crippen molar-refractivity contribution in [2.75, 3.05) is 19.6 Å². The molecule has 2 aliphatic rings. The van der Waals surface area contributed by atoms with Crippen LogP contribution in [-0.4, -0.2) is 24.5 Å². The van der Waals surface area contributed by atoms with Crippen LogP contribution in [0.4, 0.5) is 0 Å². The minimum atomic E-state index is 0.757. The maximum absolute atomic E-state index is 2.61. The van der Waals surface area contributed by atoms with Crippen molar-refractivity contribution < 1.29 is 0 Å². The van der Waals surface area contributed by atoms with Gasteiger partial charge < -0.3 is 4.90 Å². The first kappa shape index (κ1) is 10.9. The Bertz CT molecular complexity index is 246. The van der Waals surface area contributed by atoms with Gasteiger partial charge in [0.25, 0.3) is 0 Å². The zero-order valence-corrected chi connectivity index (χ0v) is 9.91. The molecule has 0 radical (unpaired) electrons. The number of allylic oxidation sites excluding steroid dienone is 4. The lowest BCUT2D eigenvalue weighted by Gasteiger charge is -2.15. The summed E-state index contributed by atoms with van der Waals surface area (Å²) in [6, 6.07) is 0. The van der Waals surface area contributed by atoms with Crippen LogP contribution < -0.4 is 0 Å². The smallest absolute Gasteiger partial charge is 0.00156 e. The second-order valence-electron chi connectivity index (χ2n) is 5.00. The van der Waals surface area contributed by atoms with Crippen LogP contribution in [0.1, 0.15) is 39.0 Å². The fourth-order valence-corrected chi connectivity index (χ4v) is 2.47. The Morgan fingerprint density at radius 1 is 1.33 bits per heavy atom. The quantitative estimate of drug-likeness (QED) is 0.680. The predicted molar refractivity (Wildman–Crippen MR) is 65.9 cm³/mol. The Morgan fingerprint density at radius 3 is 2.80 bits per heavy atom. The van der Waals surface area contributed by atoms with Gasteiger partial charge in [-0.1, -0.05) is 30.7 Å². The zero-order chi connectivity index (χ0) is 10.5. The van der Waals surface area contributed by atoms with Crippen LogP contribution in [-0.2, 0) is 0 Å². The third-order valence-corrected chi connectivity index (χ3v) is 3.53. The van der Waals surface area contributed by atoms with Gasteiger partial charge in [0.1, 0.15) is 0 Å². The highest BCUT2D eigenvalue weighted by Gasteiger charge is 2.10. The molecule has 1 nitrogen and oxygen atoms in total. The molecule has 1 heterocycles. The fraction of sp³-hybridized carbons (Fsp3) is 0.714. The molecule has 1 unspecified atom stereocenters. The normalized spacial score (nSPS) is 27.0. The van der Waals surface area contributed by atoms with Crippen molar-refractivity contribution in [3.8, 4) is 0 Å². The summed E-state index contributed by atoms with van der Waals surface area (Å²) in [5, 5.41) is 0. The molecule has 1 aliphatic heterocycles. The van der Waals surface area contributed by atoms with E-state index in [2.05, 4.69) is 30.1 Å². The lowest BCUT2D eigenvalue weighted by molar-refractivity contribution is 0.334. The van der Waals surface area contributed by atoms with Crippen molar-refractivity contribution in [3.63, 3.8) is 0 Å². The van der Waals surface area contributed by atoms with Crippen molar-refractivity contribution in [1.29, 1.82) is 0 Å². The Hall–Kier alpha value is -0.560. The average molecular weight is 205 g/mol. The van der Waals surface area contributed by atoms with Gasteiger partial charge in [0.05, 0.1) is 0 Å². The molecule has 0 amide bonds. The highest BCUT2D eigenvalue weighted by atomic mass is 15.1. The molecule has 1 saturated heterocycles. The molecular formula is C14H23N. The first-order valence-corrected chi connectivity index (χ1v) is 6.44. The van der Waals surface area contributed by atoms with Crippen LogP contribution in [0, 0.1) is 5.92 Å². The van der Waals surface area contributed by atoms with E-state index in [1.165, 1.54) is 51.7 Å². The first-order chi connectivity index (χ1) is 7.34. The van der Waals surface area contributed by atoms with Crippen LogP contribution in [0.2, 0.25) is 0 Å². The Morgan fingerprint density at radius 2 is 2.13 bits per heavy atom. The van der Waals surface area contributed by atoms with Crippen molar-refractivity contribution in [1.82, 2.24) is 4.90 Å². The van der Waals surface area contributed by atoms with E-state index in [4.69, 9.17) is 0 Å². The van der Waals surface area contributed by atoms with Gasteiger partial charge >= 0.3 is 0 Å². The summed E-state index contributed by atoms with van der Waals surface area (Å²) >= 11 is 0. The average Bonchev–Trinajstić information content (AvgIpc) is 2.74. The van der Waals surface area contributed by atoms with Crippen molar-refractivity contribution in [3.05, 3.63) is 23.8 Å². The molecule has 0 N–H and O–H groups in total. The summed E-state index contributed by atoms with van der Waals surface area (Å²) in [5.74, 6) is 0.757. The van der Waals surface area contributed by atoms with E-state index in [1.54, 1.807) is 5.57 Å². The topological polar surface area (TPSA) is 3.24 Å². The summed E-state index contributed by atoms with van der Waals surface area (Å²) in [5.41, 5.74) is 1.56. The SMILES string of the molecule is CC1C=CC(CCCN2CCCC2)=CC1. The van der Waals surface area contributed by atoms with Gasteiger partial charge in [-0.15, -0.1) is 0 Å². The van der Waals surface area contributed by atoms with Crippen LogP contribution in [0.25, 0.3) is 0 Å². The number of hydrogen-bond acceptors (Lipinski definition) is 1. The molecule has 0 spiro atoms. The van der Waals surface area contributed by atoms with Crippen LogP contribution in [0.3, 0.4) is 0 Å². The molecule has 2 rings (SSSR count). The predicted octanol–water partition coefficient (Wildman–Crippen LogP) is 3.38. The van der Waals surface area contributed by atoms with Crippen molar-refractivity contribution in [2.45, 2.75) is 39.0 Å². The van der Waals surface area contributed by atoms with E-state index in [0.717, 1.165) is 5.92 Å². The maximum atomic E-state index is 2.61. The summed E-state index contributed by atoms with van der Waals surface area (Å²) < 4.78 is 0. The zero-order valence-electron chi connectivity index (χ0n) is 9.91. The molecule has 84 valence electrons. The van der Waals surface area contributed by atoms with E-state index in [-0.39, 0.29) is 0 Å². The molecule has 0 aromatic carbocycles. The molecule has 0 aromatic rings. The molecule has 1 heteroatoms. The highest BCUT2D eigenvalue weighted by Crippen LogP contribution is 2.19. The molecule has 1 aliphatic carbocycles. The van der Waals surface area contributed by atoms with Crippen molar-refractivity contribution in [2.24, 2.45) is 5.92 Å². The van der Waals surface area contributed by atoms with E-state index < -0.39 is 0 Å². The van der Waals surface area contributed by atoms with E-state index in [1.807, 2.05) is 0 Å². The number of rotatable bonds is 4. The van der Waals surface area contributed by atoms with E-state index >= 15 is 0 Å². The van der Waals surface area contributed by atoms with E-state index in [9.17, 15) is 0 Å². The van der Waals surface area contributed by atoms with Crippen LogP contribution >= 0.6 is 0 Å². The highest BCUT2D eigenvalue weighted by molar-refractivity contribution is 5.23. The largest absolute Gasteiger partial charge is 0.303 e. The van der Waals surface area contributed by atoms with Gasteiger partial charge in [-0.2, -0.15) is 0 Å². The van der Waals surface area contributed by atoms with Crippen LogP contribution in [0.15, 0.2) is 23.8 Å². The Kier molecular flexibility index (Phi) is 4.01. The summed E-state index contributed by atoms with van der Waals surface area (Å²) in [6.07, 6.45) is 13.8. The van der Waals surface area contributed by atoms with Crippen molar-refractivity contribution >= 4 is 0 Å². The second-order valence-corrected chi connectivity index (χ2v) is 5.00. The fourth-order valence-electron chi connectivity index (χ4n) is 2.47. The molecule has 0 bridgehead atoms. The number of nitrogens with zero attached hydrogens (tertiary/aromatic N) is 1. The maximum Gasteiger partial charge on any atom is -0.00156 e. The van der Waals surface area contributed by atoms with Gasteiger partial charge in [-0.25, -0.2) is 0 Å². The van der Waals surface area contributed by atoms with Gasteiger partial charge in [-0.3, -0.25) is 0 Å². The van der Waals surface area contributed by atoms with Crippen LogP contribution in [0.5, 0.6) is 0 Å². The molecule has 0 aromatic heterocycles. The third-order valence-electron chi connectivity index (χ3n) is 3.53. The second kappa shape index (κ2) is 5.50. The number of hydrogen-bond donors (Lipinski definition) is 0. The van der Waals surface area contributed by atoms with Gasteiger partial charge in [-0.05, 0) is 57.7 Å². The van der Waals surface area contributed by atoms with Gasteiger partial charge in [0.2, 0.25) is 0 Å². The summed E-state index contributed by atoms with van der Waals surface area (Å²) in [6.45, 7) is 6.27.